The number of imidazole rings is 1. The molecule has 0 spiro atoms. The van der Waals surface area contributed by atoms with E-state index in [1.54, 1.807) is 18.3 Å². The van der Waals surface area contributed by atoms with Crippen molar-refractivity contribution in [3.05, 3.63) is 40.6 Å². The maximum absolute atomic E-state index is 12.7. The van der Waals surface area contributed by atoms with E-state index >= 15 is 0 Å². The molecule has 6 nitrogen and oxygen atoms in total. The van der Waals surface area contributed by atoms with Gasteiger partial charge in [-0.05, 0) is 37.6 Å². The van der Waals surface area contributed by atoms with Crippen LogP contribution in [0.1, 0.15) is 18.3 Å². The molecule has 1 aliphatic rings. The SMILES string of the molecule is Cc1nc2cccnc2n1C1CCN(S(=O)(=O)c2ccc(Cl)s2)C1. The van der Waals surface area contributed by atoms with E-state index in [1.165, 1.54) is 4.31 Å². The Morgan fingerprint density at radius 3 is 2.92 bits per heavy atom. The van der Waals surface area contributed by atoms with Crippen LogP contribution in [0.2, 0.25) is 4.34 Å². The molecule has 126 valence electrons. The van der Waals surface area contributed by atoms with Gasteiger partial charge in [0.1, 0.15) is 15.6 Å². The lowest BCUT2D eigenvalue weighted by molar-refractivity contribution is 0.453. The zero-order chi connectivity index (χ0) is 16.9. The molecular weight excluding hydrogens is 368 g/mol. The molecule has 0 aliphatic carbocycles. The number of pyridine rings is 1. The van der Waals surface area contributed by atoms with Gasteiger partial charge in [-0.1, -0.05) is 11.6 Å². The number of thiophene rings is 1. The molecule has 3 aromatic rings. The molecule has 0 amide bonds. The molecule has 0 saturated carbocycles. The lowest BCUT2D eigenvalue weighted by atomic mass is 10.2. The Bertz CT molecular complexity index is 1010. The summed E-state index contributed by atoms with van der Waals surface area (Å²) in [7, 11) is -3.49. The summed E-state index contributed by atoms with van der Waals surface area (Å²) in [6, 6.07) is 6.99. The van der Waals surface area contributed by atoms with Crippen LogP contribution in [0.3, 0.4) is 0 Å². The van der Waals surface area contributed by atoms with Crippen molar-refractivity contribution < 1.29 is 8.42 Å². The molecule has 4 rings (SSSR count). The van der Waals surface area contributed by atoms with E-state index < -0.39 is 10.0 Å². The predicted octanol–water partition coefficient (Wildman–Crippen LogP) is 3.09. The molecule has 1 atom stereocenters. The van der Waals surface area contributed by atoms with E-state index in [-0.39, 0.29) is 6.04 Å². The molecule has 0 aromatic carbocycles. The standard InChI is InChI=1S/C15H15ClN4O2S2/c1-10-18-12-3-2-7-17-15(12)20(10)11-6-8-19(9-11)24(21,22)14-5-4-13(16)23-14/h2-5,7,11H,6,8-9H2,1H3. The van der Waals surface area contributed by atoms with Crippen LogP contribution in [0.25, 0.3) is 11.2 Å². The third-order valence-electron chi connectivity index (χ3n) is 4.26. The van der Waals surface area contributed by atoms with Crippen LogP contribution in [0.15, 0.2) is 34.7 Å². The highest BCUT2D eigenvalue weighted by molar-refractivity contribution is 7.91. The van der Waals surface area contributed by atoms with Crippen molar-refractivity contribution in [2.75, 3.05) is 13.1 Å². The first-order valence-corrected chi connectivity index (χ1v) is 10.2. The maximum atomic E-state index is 12.7. The molecular formula is C15H15ClN4O2S2. The van der Waals surface area contributed by atoms with Crippen molar-refractivity contribution in [1.82, 2.24) is 18.8 Å². The van der Waals surface area contributed by atoms with Crippen LogP contribution in [-0.2, 0) is 10.0 Å². The van der Waals surface area contributed by atoms with Crippen LogP contribution in [0.5, 0.6) is 0 Å². The van der Waals surface area contributed by atoms with Crippen molar-refractivity contribution in [1.29, 1.82) is 0 Å². The second kappa shape index (κ2) is 5.80. The molecule has 1 saturated heterocycles. The van der Waals surface area contributed by atoms with Gasteiger partial charge < -0.3 is 4.57 Å². The summed E-state index contributed by atoms with van der Waals surface area (Å²) in [5.74, 6) is 0.854. The quantitative estimate of drug-likeness (QED) is 0.698. The van der Waals surface area contributed by atoms with Crippen LogP contribution in [-0.4, -0.2) is 40.3 Å². The number of hydrogen-bond acceptors (Lipinski definition) is 5. The highest BCUT2D eigenvalue weighted by Crippen LogP contribution is 2.33. The largest absolute Gasteiger partial charge is 0.308 e. The summed E-state index contributed by atoms with van der Waals surface area (Å²) in [5.41, 5.74) is 1.64. The van der Waals surface area contributed by atoms with Crippen LogP contribution in [0, 0.1) is 6.92 Å². The number of sulfonamides is 1. The number of aryl methyl sites for hydroxylation is 1. The lowest BCUT2D eigenvalue weighted by Gasteiger charge is -2.17. The smallest absolute Gasteiger partial charge is 0.252 e. The van der Waals surface area contributed by atoms with Crippen LogP contribution < -0.4 is 0 Å². The van der Waals surface area contributed by atoms with E-state index in [2.05, 4.69) is 9.97 Å². The summed E-state index contributed by atoms with van der Waals surface area (Å²) >= 11 is 6.97. The second-order valence-electron chi connectivity index (χ2n) is 5.74. The molecule has 9 heteroatoms. The molecule has 1 fully saturated rings. The third-order valence-corrected chi connectivity index (χ3v) is 7.82. The molecule has 24 heavy (non-hydrogen) atoms. The first-order valence-electron chi connectivity index (χ1n) is 7.52. The average molecular weight is 383 g/mol. The lowest BCUT2D eigenvalue weighted by Crippen LogP contribution is -2.28. The molecule has 0 N–H and O–H groups in total. The summed E-state index contributed by atoms with van der Waals surface area (Å²) in [4.78, 5) is 8.94. The normalized spacial score (nSPS) is 19.3. The van der Waals surface area contributed by atoms with Gasteiger partial charge in [0, 0.05) is 19.3 Å². The van der Waals surface area contributed by atoms with Crippen LogP contribution in [0.4, 0.5) is 0 Å². The van der Waals surface area contributed by atoms with Gasteiger partial charge in [0.2, 0.25) is 0 Å². The van der Waals surface area contributed by atoms with Crippen molar-refractivity contribution in [2.45, 2.75) is 23.6 Å². The van der Waals surface area contributed by atoms with E-state index in [0.29, 0.717) is 21.6 Å². The summed E-state index contributed by atoms with van der Waals surface area (Å²) < 4.78 is 29.8. The minimum atomic E-state index is -3.49. The first-order chi connectivity index (χ1) is 11.5. The molecule has 1 aliphatic heterocycles. The fourth-order valence-electron chi connectivity index (χ4n) is 3.18. The van der Waals surface area contributed by atoms with Gasteiger partial charge in [-0.2, -0.15) is 4.31 Å². The Kier molecular flexibility index (Phi) is 3.87. The fraction of sp³-hybridized carbons (Fsp3) is 0.333. The van der Waals surface area contributed by atoms with Gasteiger partial charge in [-0.3, -0.25) is 0 Å². The monoisotopic (exact) mass is 382 g/mol. The maximum Gasteiger partial charge on any atom is 0.252 e. The minimum absolute atomic E-state index is 0.0371. The Hall–Kier alpha value is -1.48. The molecule has 0 radical (unpaired) electrons. The van der Waals surface area contributed by atoms with Gasteiger partial charge in [0.15, 0.2) is 5.65 Å². The topological polar surface area (TPSA) is 68.1 Å². The molecule has 3 aromatic heterocycles. The molecule has 4 heterocycles. The highest BCUT2D eigenvalue weighted by Gasteiger charge is 2.35. The van der Waals surface area contributed by atoms with E-state index in [1.807, 2.05) is 23.6 Å². The van der Waals surface area contributed by atoms with Crippen molar-refractivity contribution >= 4 is 44.1 Å². The van der Waals surface area contributed by atoms with Crippen molar-refractivity contribution in [2.24, 2.45) is 0 Å². The number of hydrogen-bond donors (Lipinski definition) is 0. The Morgan fingerprint density at radius 1 is 1.33 bits per heavy atom. The van der Waals surface area contributed by atoms with E-state index in [0.717, 1.165) is 34.7 Å². The molecule has 0 bridgehead atoms. The van der Waals surface area contributed by atoms with E-state index in [4.69, 9.17) is 11.6 Å². The Labute approximate surface area is 148 Å². The van der Waals surface area contributed by atoms with Gasteiger partial charge >= 0.3 is 0 Å². The fourth-order valence-corrected chi connectivity index (χ4v) is 6.31. The highest BCUT2D eigenvalue weighted by atomic mass is 35.5. The Balaban J connectivity index is 1.66. The summed E-state index contributed by atoms with van der Waals surface area (Å²) in [6.07, 6.45) is 2.47. The number of halogens is 1. The molecule has 1 unspecified atom stereocenters. The third kappa shape index (κ3) is 2.54. The zero-order valence-electron chi connectivity index (χ0n) is 12.9. The van der Waals surface area contributed by atoms with Crippen molar-refractivity contribution in [3.63, 3.8) is 0 Å². The zero-order valence-corrected chi connectivity index (χ0v) is 15.3. The minimum Gasteiger partial charge on any atom is -0.308 e. The summed E-state index contributed by atoms with van der Waals surface area (Å²) in [5, 5.41) is 0. The summed E-state index contributed by atoms with van der Waals surface area (Å²) in [6.45, 7) is 2.83. The first kappa shape index (κ1) is 16.0. The van der Waals surface area contributed by atoms with Crippen LogP contribution >= 0.6 is 22.9 Å². The number of aromatic nitrogens is 3. The predicted molar refractivity (Wildman–Crippen MR) is 94.0 cm³/mol. The van der Waals surface area contributed by atoms with Crippen molar-refractivity contribution in [3.8, 4) is 0 Å². The number of nitrogens with zero attached hydrogens (tertiary/aromatic N) is 4. The van der Waals surface area contributed by atoms with Gasteiger partial charge in [-0.25, -0.2) is 18.4 Å². The van der Waals surface area contributed by atoms with E-state index in [9.17, 15) is 8.42 Å². The number of fused-ring (bicyclic) bond motifs is 1. The van der Waals surface area contributed by atoms with Gasteiger partial charge in [-0.15, -0.1) is 11.3 Å². The second-order valence-corrected chi connectivity index (χ2v) is 9.62. The Morgan fingerprint density at radius 2 is 2.17 bits per heavy atom. The average Bonchev–Trinajstić information content (AvgIpc) is 3.24. The number of rotatable bonds is 3. The van der Waals surface area contributed by atoms with Gasteiger partial charge in [0.25, 0.3) is 10.0 Å². The van der Waals surface area contributed by atoms with Gasteiger partial charge in [0.05, 0.1) is 10.4 Å².